The fraction of sp³-hybridized carbons (Fsp3) is 0.353. The van der Waals surface area contributed by atoms with Crippen LogP contribution in [0.15, 0.2) is 43.0 Å². The predicted molar refractivity (Wildman–Crippen MR) is 88.0 cm³/mol. The Bertz CT molecular complexity index is 780. The Balaban J connectivity index is 1.48. The average Bonchev–Trinajstić information content (AvgIpc) is 3.11. The van der Waals surface area contributed by atoms with Gasteiger partial charge in [-0.25, -0.2) is 9.97 Å². The summed E-state index contributed by atoms with van der Waals surface area (Å²) in [5.41, 5.74) is 1.63. The van der Waals surface area contributed by atoms with Gasteiger partial charge in [-0.3, -0.25) is 4.98 Å². The summed E-state index contributed by atoms with van der Waals surface area (Å²) in [6.07, 6.45) is 6.58. The van der Waals surface area contributed by atoms with E-state index in [-0.39, 0.29) is 5.92 Å². The van der Waals surface area contributed by atoms with Gasteiger partial charge in [-0.1, -0.05) is 6.07 Å². The minimum absolute atomic E-state index is 0.240. The van der Waals surface area contributed by atoms with Gasteiger partial charge >= 0.3 is 0 Å². The lowest BCUT2D eigenvalue weighted by Gasteiger charge is -2.34. The zero-order valence-corrected chi connectivity index (χ0v) is 12.8. The van der Waals surface area contributed by atoms with E-state index in [1.165, 1.54) is 0 Å². The van der Waals surface area contributed by atoms with Crippen LogP contribution in [0.4, 0.5) is 5.82 Å². The molecule has 0 spiro atoms. The first-order valence-corrected chi connectivity index (χ1v) is 7.95. The van der Waals surface area contributed by atoms with Gasteiger partial charge in [-0.15, -0.1) is 0 Å². The Hall–Kier alpha value is -2.47. The van der Waals surface area contributed by atoms with Gasteiger partial charge in [0.2, 0.25) is 0 Å². The molecule has 1 fully saturated rings. The van der Waals surface area contributed by atoms with Gasteiger partial charge in [-0.2, -0.15) is 0 Å². The highest BCUT2D eigenvalue weighted by Crippen LogP contribution is 2.32. The maximum Gasteiger partial charge on any atom is 0.142 e. The molecule has 1 unspecified atom stereocenters. The summed E-state index contributed by atoms with van der Waals surface area (Å²) in [4.78, 5) is 18.4. The van der Waals surface area contributed by atoms with E-state index in [9.17, 15) is 5.11 Å². The van der Waals surface area contributed by atoms with Crippen LogP contribution in [0.2, 0.25) is 0 Å². The number of nitrogens with one attached hydrogen (secondary N) is 1. The number of aliphatic hydroxyl groups is 1. The largest absolute Gasteiger partial charge is 0.387 e. The summed E-state index contributed by atoms with van der Waals surface area (Å²) in [7, 11) is 0. The molecule has 1 aliphatic heterocycles. The van der Waals surface area contributed by atoms with E-state index in [0.717, 1.165) is 48.5 Å². The highest BCUT2D eigenvalue weighted by Gasteiger charge is 2.28. The van der Waals surface area contributed by atoms with Crippen molar-refractivity contribution in [2.24, 2.45) is 5.92 Å². The topological polar surface area (TPSA) is 77.9 Å². The molecule has 2 N–H and O–H groups in total. The Morgan fingerprint density at radius 1 is 1.13 bits per heavy atom. The van der Waals surface area contributed by atoms with E-state index in [1.54, 1.807) is 12.5 Å². The van der Waals surface area contributed by atoms with Gasteiger partial charge in [-0.05, 0) is 37.0 Å². The summed E-state index contributed by atoms with van der Waals surface area (Å²) >= 11 is 0. The Morgan fingerprint density at radius 3 is 2.78 bits per heavy atom. The molecule has 0 radical (unpaired) electrons. The molecule has 1 aliphatic rings. The Labute approximate surface area is 134 Å². The van der Waals surface area contributed by atoms with E-state index < -0.39 is 6.10 Å². The van der Waals surface area contributed by atoms with Gasteiger partial charge < -0.3 is 15.0 Å². The maximum atomic E-state index is 10.5. The molecule has 1 atom stereocenters. The second-order valence-corrected chi connectivity index (χ2v) is 5.96. The lowest BCUT2D eigenvalue weighted by atomic mass is 9.89. The minimum atomic E-state index is -0.490. The molecular weight excluding hydrogens is 290 g/mol. The van der Waals surface area contributed by atoms with E-state index in [4.69, 9.17) is 0 Å². The average molecular weight is 309 g/mol. The van der Waals surface area contributed by atoms with Crippen molar-refractivity contribution in [2.45, 2.75) is 18.9 Å². The normalized spacial score (nSPS) is 17.5. The second kappa shape index (κ2) is 5.96. The molecule has 23 heavy (non-hydrogen) atoms. The van der Waals surface area contributed by atoms with Crippen molar-refractivity contribution in [2.75, 3.05) is 18.0 Å². The highest BCUT2D eigenvalue weighted by molar-refractivity contribution is 5.87. The smallest absolute Gasteiger partial charge is 0.142 e. The zero-order chi connectivity index (χ0) is 15.6. The monoisotopic (exact) mass is 309 g/mol. The van der Waals surface area contributed by atoms with Crippen molar-refractivity contribution in [1.29, 1.82) is 0 Å². The Morgan fingerprint density at radius 2 is 2.00 bits per heavy atom. The number of aliphatic hydroxyl groups excluding tert-OH is 1. The summed E-state index contributed by atoms with van der Waals surface area (Å²) in [5, 5.41) is 11.6. The van der Waals surface area contributed by atoms with Crippen LogP contribution in [-0.2, 0) is 0 Å². The van der Waals surface area contributed by atoms with Crippen molar-refractivity contribution in [3.8, 4) is 0 Å². The Kier molecular flexibility index (Phi) is 3.67. The van der Waals surface area contributed by atoms with Gasteiger partial charge in [0.15, 0.2) is 0 Å². The number of pyridine rings is 1. The number of hydrogen-bond donors (Lipinski definition) is 2. The first-order chi connectivity index (χ1) is 11.3. The molecule has 0 aliphatic carbocycles. The number of aromatic nitrogens is 4. The third kappa shape index (κ3) is 2.66. The molecule has 3 aromatic rings. The third-order valence-electron chi connectivity index (χ3n) is 4.61. The van der Waals surface area contributed by atoms with Crippen LogP contribution in [0, 0.1) is 5.92 Å². The fourth-order valence-corrected chi connectivity index (χ4v) is 3.33. The van der Waals surface area contributed by atoms with Gasteiger partial charge in [0.05, 0.1) is 17.2 Å². The molecule has 0 saturated carbocycles. The molecule has 6 nitrogen and oxygen atoms in total. The molecule has 4 rings (SSSR count). The number of piperidine rings is 1. The molecular formula is C17H19N5O. The van der Waals surface area contributed by atoms with Crippen molar-refractivity contribution in [3.05, 3.63) is 48.7 Å². The van der Waals surface area contributed by atoms with Crippen LogP contribution in [0.3, 0.4) is 0 Å². The highest BCUT2D eigenvalue weighted by atomic mass is 16.3. The SMILES string of the molecule is OC(c1ccccn1)C1CCN(c2ncnc3[nH]ccc23)CC1. The number of nitrogens with zero attached hydrogens (tertiary/aromatic N) is 4. The van der Waals surface area contributed by atoms with Crippen molar-refractivity contribution >= 4 is 16.9 Å². The molecule has 3 aromatic heterocycles. The number of aromatic amines is 1. The first-order valence-electron chi connectivity index (χ1n) is 7.95. The lowest BCUT2D eigenvalue weighted by molar-refractivity contribution is 0.0890. The van der Waals surface area contributed by atoms with Crippen LogP contribution < -0.4 is 4.90 Å². The second-order valence-electron chi connectivity index (χ2n) is 5.96. The van der Waals surface area contributed by atoms with Gasteiger partial charge in [0.25, 0.3) is 0 Å². The van der Waals surface area contributed by atoms with Crippen molar-refractivity contribution < 1.29 is 5.11 Å². The maximum absolute atomic E-state index is 10.5. The lowest BCUT2D eigenvalue weighted by Crippen LogP contribution is -2.36. The minimum Gasteiger partial charge on any atom is -0.387 e. The van der Waals surface area contributed by atoms with Crippen molar-refractivity contribution in [1.82, 2.24) is 19.9 Å². The van der Waals surface area contributed by atoms with E-state index in [0.29, 0.717) is 0 Å². The zero-order valence-electron chi connectivity index (χ0n) is 12.8. The summed E-state index contributed by atoms with van der Waals surface area (Å²) in [6, 6.07) is 7.70. The predicted octanol–water partition coefficient (Wildman–Crippen LogP) is 2.30. The van der Waals surface area contributed by atoms with E-state index in [2.05, 4.69) is 24.8 Å². The number of rotatable bonds is 3. The quantitative estimate of drug-likeness (QED) is 0.776. The van der Waals surface area contributed by atoms with Crippen LogP contribution in [0.5, 0.6) is 0 Å². The van der Waals surface area contributed by atoms with Gasteiger partial charge in [0.1, 0.15) is 17.8 Å². The van der Waals surface area contributed by atoms with E-state index >= 15 is 0 Å². The number of fused-ring (bicyclic) bond motifs is 1. The molecule has 0 amide bonds. The van der Waals surface area contributed by atoms with Crippen LogP contribution in [-0.4, -0.2) is 38.1 Å². The number of H-pyrrole nitrogens is 1. The van der Waals surface area contributed by atoms with Gasteiger partial charge in [0, 0.05) is 25.5 Å². The number of hydrogen-bond acceptors (Lipinski definition) is 5. The summed E-state index contributed by atoms with van der Waals surface area (Å²) in [6.45, 7) is 1.76. The molecule has 4 heterocycles. The van der Waals surface area contributed by atoms with Crippen LogP contribution >= 0.6 is 0 Å². The third-order valence-corrected chi connectivity index (χ3v) is 4.61. The summed E-state index contributed by atoms with van der Waals surface area (Å²) < 4.78 is 0. The van der Waals surface area contributed by atoms with Crippen LogP contribution in [0.1, 0.15) is 24.6 Å². The van der Waals surface area contributed by atoms with E-state index in [1.807, 2.05) is 30.5 Å². The molecule has 0 aromatic carbocycles. The fourth-order valence-electron chi connectivity index (χ4n) is 3.33. The number of anilines is 1. The molecule has 1 saturated heterocycles. The van der Waals surface area contributed by atoms with Crippen molar-refractivity contribution in [3.63, 3.8) is 0 Å². The molecule has 0 bridgehead atoms. The molecule has 118 valence electrons. The molecule has 6 heteroatoms. The first kappa shape index (κ1) is 14.1. The standard InChI is InChI=1S/C17H19N5O/c23-15(14-3-1-2-7-18-14)12-5-9-22(10-6-12)17-13-4-8-19-16(13)20-11-21-17/h1-4,7-8,11-12,15,23H,5-6,9-10H2,(H,19,20,21). The van der Waals surface area contributed by atoms with Crippen LogP contribution in [0.25, 0.3) is 11.0 Å². The summed E-state index contributed by atoms with van der Waals surface area (Å²) in [5.74, 6) is 1.21.